The maximum Gasteiger partial charge on any atom is 0.107 e. The van der Waals surface area contributed by atoms with Gasteiger partial charge in [-0.25, -0.2) is 0 Å². The Morgan fingerprint density at radius 3 is 1.92 bits per heavy atom. The fraction of sp³-hybridized carbons (Fsp3) is 1.00. The van der Waals surface area contributed by atoms with Crippen LogP contribution in [0.5, 0.6) is 0 Å². The fourth-order valence-electron chi connectivity index (χ4n) is 1.42. The van der Waals surface area contributed by atoms with Gasteiger partial charge in [0.15, 0.2) is 0 Å². The van der Waals surface area contributed by atoms with E-state index in [4.69, 9.17) is 0 Å². The largest absolute Gasteiger partial charge is 0.326 e. The van der Waals surface area contributed by atoms with Crippen LogP contribution in [0.15, 0.2) is 0 Å². The van der Waals surface area contributed by atoms with E-state index in [0.29, 0.717) is 10.9 Å². The Bertz CT molecular complexity index is 119. The molecule has 0 aromatic heterocycles. The molecular formula is C11H27NS+2. The Labute approximate surface area is 87.4 Å². The summed E-state index contributed by atoms with van der Waals surface area (Å²) in [5.41, 5.74) is 0. The minimum Gasteiger partial charge on any atom is -0.326 e. The van der Waals surface area contributed by atoms with E-state index in [1.54, 1.807) is 0 Å². The average molecular weight is 205 g/mol. The quantitative estimate of drug-likeness (QED) is 0.339. The molecule has 0 spiro atoms. The third-order valence-corrected chi connectivity index (χ3v) is 4.13. The predicted octanol–water partition coefficient (Wildman–Crippen LogP) is 2.13. The minimum atomic E-state index is 0.645. The van der Waals surface area contributed by atoms with E-state index in [0.717, 1.165) is 0 Å². The van der Waals surface area contributed by atoms with Crippen LogP contribution < -0.4 is 0 Å². The Morgan fingerprint density at radius 2 is 1.54 bits per heavy atom. The first-order valence-corrected chi connectivity index (χ1v) is 7.63. The van der Waals surface area contributed by atoms with Gasteiger partial charge in [-0.3, -0.25) is 0 Å². The second kappa shape index (κ2) is 6.72. The van der Waals surface area contributed by atoms with Crippen molar-refractivity contribution in [1.29, 1.82) is 0 Å². The van der Waals surface area contributed by atoms with E-state index in [1.807, 2.05) is 0 Å². The van der Waals surface area contributed by atoms with Crippen LogP contribution in [0.1, 0.15) is 26.7 Å². The zero-order valence-corrected chi connectivity index (χ0v) is 10.9. The molecule has 0 aliphatic rings. The molecule has 0 unspecified atom stereocenters. The maximum absolute atomic E-state index is 2.37. The van der Waals surface area contributed by atoms with E-state index in [2.05, 4.69) is 33.4 Å². The van der Waals surface area contributed by atoms with E-state index < -0.39 is 0 Å². The first kappa shape index (κ1) is 13.3. The van der Waals surface area contributed by atoms with Gasteiger partial charge >= 0.3 is 0 Å². The summed E-state index contributed by atoms with van der Waals surface area (Å²) in [7, 11) is 3.02. The van der Waals surface area contributed by atoms with Crippen molar-refractivity contribution in [1.82, 2.24) is 0 Å². The van der Waals surface area contributed by atoms with Crippen molar-refractivity contribution in [2.45, 2.75) is 26.7 Å². The number of rotatable bonds is 7. The molecule has 2 heteroatoms. The fourth-order valence-corrected chi connectivity index (χ4v) is 2.21. The third-order valence-electron chi connectivity index (χ3n) is 3.03. The first-order valence-electron chi connectivity index (χ1n) is 5.42. The third kappa shape index (κ3) is 6.39. The van der Waals surface area contributed by atoms with Gasteiger partial charge in [0.05, 0.1) is 39.2 Å². The van der Waals surface area contributed by atoms with E-state index in [9.17, 15) is 0 Å². The van der Waals surface area contributed by atoms with Crippen molar-refractivity contribution in [2.24, 2.45) is 0 Å². The summed E-state index contributed by atoms with van der Waals surface area (Å²) in [6.07, 6.45) is 7.51. The molecule has 1 nitrogen and oxygen atoms in total. The van der Waals surface area contributed by atoms with Crippen LogP contribution in [0.3, 0.4) is 0 Å². The molecule has 0 rings (SSSR count). The Morgan fingerprint density at radius 1 is 1.00 bits per heavy atom. The topological polar surface area (TPSA) is 0 Å². The van der Waals surface area contributed by atoms with Gasteiger partial charge < -0.3 is 4.48 Å². The number of unbranched alkanes of at least 4 members (excludes halogenated alkanes) is 1. The molecule has 0 saturated heterocycles. The summed E-state index contributed by atoms with van der Waals surface area (Å²) in [4.78, 5) is 0. The lowest BCUT2D eigenvalue weighted by molar-refractivity contribution is -0.906. The molecule has 0 amide bonds. The lowest BCUT2D eigenvalue weighted by Crippen LogP contribution is -2.44. The SMILES string of the molecule is CC[N+](C)(CC)CCCC[S+](C)C. The van der Waals surface area contributed by atoms with E-state index in [-0.39, 0.29) is 0 Å². The highest BCUT2D eigenvalue weighted by molar-refractivity contribution is 7.95. The van der Waals surface area contributed by atoms with Crippen molar-refractivity contribution < 1.29 is 4.48 Å². The average Bonchev–Trinajstić information content (AvgIpc) is 2.12. The molecule has 0 radical (unpaired) electrons. The van der Waals surface area contributed by atoms with E-state index >= 15 is 0 Å². The zero-order valence-electron chi connectivity index (χ0n) is 10.1. The highest BCUT2D eigenvalue weighted by Gasteiger charge is 2.15. The first-order chi connectivity index (χ1) is 6.04. The molecule has 13 heavy (non-hydrogen) atoms. The molecule has 0 aromatic carbocycles. The maximum atomic E-state index is 2.37. The Kier molecular flexibility index (Phi) is 6.88. The van der Waals surface area contributed by atoms with Crippen molar-refractivity contribution in [2.75, 3.05) is 44.9 Å². The van der Waals surface area contributed by atoms with Crippen molar-refractivity contribution >= 4 is 10.9 Å². The van der Waals surface area contributed by atoms with Crippen LogP contribution in [0, 0.1) is 0 Å². The molecule has 0 heterocycles. The van der Waals surface area contributed by atoms with Crippen LogP contribution in [-0.4, -0.2) is 49.4 Å². The molecule has 0 bridgehead atoms. The minimum absolute atomic E-state index is 0.645. The predicted molar refractivity (Wildman–Crippen MR) is 65.4 cm³/mol. The molecule has 0 atom stereocenters. The number of hydrogen-bond acceptors (Lipinski definition) is 0. The molecule has 80 valence electrons. The monoisotopic (exact) mass is 205 g/mol. The summed E-state index contributed by atoms with van der Waals surface area (Å²) in [6.45, 7) is 8.52. The lowest BCUT2D eigenvalue weighted by Gasteiger charge is -2.32. The highest BCUT2D eigenvalue weighted by Crippen LogP contribution is 2.05. The van der Waals surface area contributed by atoms with Crippen LogP contribution >= 0.6 is 0 Å². The second-order valence-corrected chi connectivity index (χ2v) is 6.75. The van der Waals surface area contributed by atoms with Crippen molar-refractivity contribution in [3.05, 3.63) is 0 Å². The van der Waals surface area contributed by atoms with Gasteiger partial charge in [0.1, 0.15) is 5.75 Å². The van der Waals surface area contributed by atoms with Gasteiger partial charge in [-0.2, -0.15) is 0 Å². The molecule has 0 aliphatic carbocycles. The molecule has 0 aliphatic heterocycles. The van der Waals surface area contributed by atoms with Crippen LogP contribution in [-0.2, 0) is 10.9 Å². The molecule has 0 saturated carbocycles. The smallest absolute Gasteiger partial charge is 0.107 e. The van der Waals surface area contributed by atoms with Crippen molar-refractivity contribution in [3.8, 4) is 0 Å². The summed E-state index contributed by atoms with van der Waals surface area (Å²) in [5.74, 6) is 1.42. The Balaban J connectivity index is 3.50. The van der Waals surface area contributed by atoms with Gasteiger partial charge in [-0.05, 0) is 31.2 Å². The normalized spacial score (nSPS) is 12.5. The van der Waals surface area contributed by atoms with Gasteiger partial charge in [0.25, 0.3) is 0 Å². The molecular weight excluding hydrogens is 178 g/mol. The summed E-state index contributed by atoms with van der Waals surface area (Å²) in [5, 5.41) is 0. The second-order valence-electron chi connectivity index (χ2n) is 4.37. The summed E-state index contributed by atoms with van der Waals surface area (Å²) in [6, 6.07) is 0. The number of hydrogen-bond donors (Lipinski definition) is 0. The van der Waals surface area contributed by atoms with Gasteiger partial charge in [-0.15, -0.1) is 0 Å². The van der Waals surface area contributed by atoms with Crippen LogP contribution in [0.4, 0.5) is 0 Å². The zero-order chi connectivity index (χ0) is 10.3. The van der Waals surface area contributed by atoms with Crippen LogP contribution in [0.25, 0.3) is 0 Å². The number of nitrogens with zero attached hydrogens (tertiary/aromatic N) is 1. The Hall–Kier alpha value is 0.310. The van der Waals surface area contributed by atoms with Crippen molar-refractivity contribution in [3.63, 3.8) is 0 Å². The van der Waals surface area contributed by atoms with Gasteiger partial charge in [0.2, 0.25) is 0 Å². The molecule has 0 N–H and O–H groups in total. The molecule has 0 fully saturated rings. The highest BCUT2D eigenvalue weighted by atomic mass is 32.2. The summed E-state index contributed by atoms with van der Waals surface area (Å²) >= 11 is 0. The van der Waals surface area contributed by atoms with E-state index in [1.165, 1.54) is 42.7 Å². The van der Waals surface area contributed by atoms with Gasteiger partial charge in [-0.1, -0.05) is 0 Å². The number of quaternary nitrogens is 1. The lowest BCUT2D eigenvalue weighted by atomic mass is 10.3. The molecule has 0 aromatic rings. The summed E-state index contributed by atoms with van der Waals surface area (Å²) < 4.78 is 1.25. The van der Waals surface area contributed by atoms with Gasteiger partial charge in [0, 0.05) is 6.42 Å². The standard InChI is InChI=1S/C11H27NS/c1-6-12(3,7-2)10-8-9-11-13(4)5/h6-11H2,1-5H3/q+2. The van der Waals surface area contributed by atoms with Crippen LogP contribution in [0.2, 0.25) is 0 Å².